The monoisotopic (exact) mass is 314 g/mol. The van der Waals surface area contributed by atoms with Crippen molar-refractivity contribution in [2.45, 2.75) is 25.6 Å². The highest BCUT2D eigenvalue weighted by molar-refractivity contribution is 9.10. The topological polar surface area (TPSA) is 58.7 Å². The van der Waals surface area contributed by atoms with Gasteiger partial charge in [0.25, 0.3) is 0 Å². The Morgan fingerprint density at radius 3 is 3.11 bits per heavy atom. The van der Waals surface area contributed by atoms with Crippen LogP contribution < -0.4 is 5.73 Å². The minimum atomic E-state index is 0.0314. The second-order valence-corrected chi connectivity index (χ2v) is 5.69. The fraction of sp³-hybridized carbons (Fsp3) is 0.538. The molecule has 1 aliphatic heterocycles. The molecule has 0 amide bonds. The van der Waals surface area contributed by atoms with E-state index in [0.29, 0.717) is 12.4 Å². The smallest absolute Gasteiger partial charge is 0.120 e. The van der Waals surface area contributed by atoms with Gasteiger partial charge in [-0.1, -0.05) is 15.9 Å². The Kier molecular flexibility index (Phi) is 4.61. The second-order valence-electron chi connectivity index (χ2n) is 4.78. The minimum absolute atomic E-state index is 0.0314. The number of phenolic OH excluding ortho intramolecular Hbond substituents is 1. The molecular weight excluding hydrogens is 296 g/mol. The average Bonchev–Trinajstić information content (AvgIpc) is 2.34. The van der Waals surface area contributed by atoms with Crippen LogP contribution in [0.15, 0.2) is 22.7 Å². The average molecular weight is 315 g/mol. The Bertz CT molecular complexity index is 412. The molecule has 4 nitrogen and oxygen atoms in total. The number of halogens is 1. The molecule has 0 aliphatic carbocycles. The number of hydrogen-bond donors (Lipinski definition) is 2. The summed E-state index contributed by atoms with van der Waals surface area (Å²) in [5, 5.41) is 9.84. The standard InChI is InChI=1S/C13H19BrN2O2/c1-9(15)13-8-16(4-5-18-13)7-10-6-11(14)2-3-12(10)17/h2-3,6,9,13,17H,4-5,7-8,15H2,1H3. The Labute approximate surface area is 116 Å². The zero-order chi connectivity index (χ0) is 13.1. The summed E-state index contributed by atoms with van der Waals surface area (Å²) in [6, 6.07) is 5.53. The van der Waals surface area contributed by atoms with Gasteiger partial charge in [-0.05, 0) is 25.1 Å². The zero-order valence-electron chi connectivity index (χ0n) is 10.5. The summed E-state index contributed by atoms with van der Waals surface area (Å²) >= 11 is 3.42. The normalized spacial score (nSPS) is 22.9. The van der Waals surface area contributed by atoms with Crippen molar-refractivity contribution < 1.29 is 9.84 Å². The van der Waals surface area contributed by atoms with Crippen LogP contribution in [0.2, 0.25) is 0 Å². The van der Waals surface area contributed by atoms with Crippen molar-refractivity contribution >= 4 is 15.9 Å². The fourth-order valence-electron chi connectivity index (χ4n) is 2.11. The first kappa shape index (κ1) is 13.8. The number of morpholine rings is 1. The Morgan fingerprint density at radius 2 is 2.39 bits per heavy atom. The van der Waals surface area contributed by atoms with Crippen LogP contribution in [0.3, 0.4) is 0 Å². The van der Waals surface area contributed by atoms with E-state index in [1.54, 1.807) is 6.07 Å². The van der Waals surface area contributed by atoms with Crippen LogP contribution in [-0.2, 0) is 11.3 Å². The highest BCUT2D eigenvalue weighted by Gasteiger charge is 2.23. The maximum atomic E-state index is 9.84. The van der Waals surface area contributed by atoms with Gasteiger partial charge >= 0.3 is 0 Å². The molecule has 2 unspecified atom stereocenters. The Morgan fingerprint density at radius 1 is 1.61 bits per heavy atom. The third-order valence-electron chi connectivity index (χ3n) is 3.20. The molecule has 18 heavy (non-hydrogen) atoms. The number of ether oxygens (including phenoxy) is 1. The molecule has 1 saturated heterocycles. The lowest BCUT2D eigenvalue weighted by atomic mass is 10.1. The number of benzene rings is 1. The molecule has 0 aromatic heterocycles. The first-order chi connectivity index (χ1) is 8.56. The van der Waals surface area contributed by atoms with Crippen molar-refractivity contribution in [1.82, 2.24) is 4.90 Å². The summed E-state index contributed by atoms with van der Waals surface area (Å²) in [6.07, 6.45) is 0.0769. The fourth-order valence-corrected chi connectivity index (χ4v) is 2.52. The van der Waals surface area contributed by atoms with Crippen LogP contribution >= 0.6 is 15.9 Å². The van der Waals surface area contributed by atoms with Gasteiger partial charge in [0.1, 0.15) is 5.75 Å². The highest BCUT2D eigenvalue weighted by Crippen LogP contribution is 2.24. The van der Waals surface area contributed by atoms with Crippen molar-refractivity contribution in [1.29, 1.82) is 0 Å². The van der Waals surface area contributed by atoms with E-state index < -0.39 is 0 Å². The van der Waals surface area contributed by atoms with Crippen LogP contribution in [0.1, 0.15) is 12.5 Å². The molecule has 1 aliphatic rings. The van der Waals surface area contributed by atoms with Crippen molar-refractivity contribution in [2.75, 3.05) is 19.7 Å². The van der Waals surface area contributed by atoms with Crippen molar-refractivity contribution in [3.8, 4) is 5.75 Å². The number of aromatic hydroxyl groups is 1. The lowest BCUT2D eigenvalue weighted by molar-refractivity contribution is -0.0405. The summed E-state index contributed by atoms with van der Waals surface area (Å²) in [7, 11) is 0. The quantitative estimate of drug-likeness (QED) is 0.891. The largest absolute Gasteiger partial charge is 0.508 e. The van der Waals surface area contributed by atoms with E-state index in [1.807, 2.05) is 19.1 Å². The number of rotatable bonds is 3. The van der Waals surface area contributed by atoms with E-state index in [2.05, 4.69) is 20.8 Å². The van der Waals surface area contributed by atoms with Gasteiger partial charge < -0.3 is 15.6 Å². The van der Waals surface area contributed by atoms with Crippen LogP contribution in [0.5, 0.6) is 5.75 Å². The van der Waals surface area contributed by atoms with Gasteiger partial charge in [-0.15, -0.1) is 0 Å². The van der Waals surface area contributed by atoms with Crippen LogP contribution in [0.25, 0.3) is 0 Å². The summed E-state index contributed by atoms with van der Waals surface area (Å²) < 4.78 is 6.60. The van der Waals surface area contributed by atoms with Gasteiger partial charge in [0.05, 0.1) is 12.7 Å². The molecule has 5 heteroatoms. The lowest BCUT2D eigenvalue weighted by Gasteiger charge is -2.34. The maximum Gasteiger partial charge on any atom is 0.120 e. The summed E-state index contributed by atoms with van der Waals surface area (Å²) in [6.45, 7) is 5.06. The molecule has 0 bridgehead atoms. The minimum Gasteiger partial charge on any atom is -0.508 e. The molecule has 3 N–H and O–H groups in total. The first-order valence-corrected chi connectivity index (χ1v) is 6.92. The van der Waals surface area contributed by atoms with Gasteiger partial charge in [-0.2, -0.15) is 0 Å². The third kappa shape index (κ3) is 3.45. The van der Waals surface area contributed by atoms with E-state index in [0.717, 1.165) is 29.7 Å². The van der Waals surface area contributed by atoms with Crippen LogP contribution in [-0.4, -0.2) is 41.8 Å². The highest BCUT2D eigenvalue weighted by atomic mass is 79.9. The van der Waals surface area contributed by atoms with Crippen LogP contribution in [0.4, 0.5) is 0 Å². The zero-order valence-corrected chi connectivity index (χ0v) is 12.1. The molecule has 2 rings (SSSR count). The molecule has 2 atom stereocenters. The molecule has 0 spiro atoms. The van der Waals surface area contributed by atoms with Gasteiger partial charge in [-0.3, -0.25) is 4.90 Å². The number of hydrogen-bond acceptors (Lipinski definition) is 4. The van der Waals surface area contributed by atoms with E-state index in [4.69, 9.17) is 10.5 Å². The van der Waals surface area contributed by atoms with E-state index >= 15 is 0 Å². The van der Waals surface area contributed by atoms with Crippen molar-refractivity contribution in [3.05, 3.63) is 28.2 Å². The van der Waals surface area contributed by atoms with E-state index in [9.17, 15) is 5.11 Å². The van der Waals surface area contributed by atoms with Gasteiger partial charge in [0.2, 0.25) is 0 Å². The number of phenols is 1. The molecule has 1 aromatic carbocycles. The van der Waals surface area contributed by atoms with Crippen LogP contribution in [0, 0.1) is 0 Å². The van der Waals surface area contributed by atoms with Gasteiger partial charge in [0.15, 0.2) is 0 Å². The maximum absolute atomic E-state index is 9.84. The number of nitrogens with zero attached hydrogens (tertiary/aromatic N) is 1. The molecule has 0 saturated carbocycles. The predicted molar refractivity (Wildman–Crippen MR) is 74.5 cm³/mol. The second kappa shape index (κ2) is 6.02. The Balaban J connectivity index is 2.02. The Hall–Kier alpha value is -0.620. The SMILES string of the molecule is CC(N)C1CN(Cc2cc(Br)ccc2O)CCO1. The molecule has 1 fully saturated rings. The molecular formula is C13H19BrN2O2. The number of nitrogens with two attached hydrogens (primary N) is 1. The molecule has 1 aromatic rings. The predicted octanol–water partition coefficient (Wildman–Crippen LogP) is 1.70. The molecule has 0 radical (unpaired) electrons. The lowest BCUT2D eigenvalue weighted by Crippen LogP contribution is -2.49. The summed E-state index contributed by atoms with van der Waals surface area (Å²) in [5.74, 6) is 0.335. The van der Waals surface area contributed by atoms with Gasteiger partial charge in [0, 0.05) is 35.7 Å². The molecule has 100 valence electrons. The van der Waals surface area contributed by atoms with E-state index in [-0.39, 0.29) is 12.1 Å². The third-order valence-corrected chi connectivity index (χ3v) is 3.69. The summed E-state index contributed by atoms with van der Waals surface area (Å²) in [4.78, 5) is 2.26. The van der Waals surface area contributed by atoms with Crippen molar-refractivity contribution in [3.63, 3.8) is 0 Å². The van der Waals surface area contributed by atoms with Crippen molar-refractivity contribution in [2.24, 2.45) is 5.73 Å². The summed E-state index contributed by atoms with van der Waals surface area (Å²) in [5.41, 5.74) is 6.79. The van der Waals surface area contributed by atoms with E-state index in [1.165, 1.54) is 0 Å². The van der Waals surface area contributed by atoms with Gasteiger partial charge in [-0.25, -0.2) is 0 Å². The first-order valence-electron chi connectivity index (χ1n) is 6.13. The molecule has 1 heterocycles.